The van der Waals surface area contributed by atoms with Crippen molar-refractivity contribution in [3.8, 4) is 0 Å². The Morgan fingerprint density at radius 1 is 1.13 bits per heavy atom. The van der Waals surface area contributed by atoms with Gasteiger partial charge in [0.25, 0.3) is 5.91 Å². The van der Waals surface area contributed by atoms with Crippen LogP contribution in [0.2, 0.25) is 0 Å². The Labute approximate surface area is 176 Å². The van der Waals surface area contributed by atoms with Gasteiger partial charge in [-0.2, -0.15) is 0 Å². The van der Waals surface area contributed by atoms with Crippen LogP contribution in [0.4, 0.5) is 0 Å². The average molecular weight is 431 g/mol. The zero-order valence-electron chi connectivity index (χ0n) is 17.1. The molecule has 0 saturated heterocycles. The number of ether oxygens (including phenoxy) is 1. The van der Waals surface area contributed by atoms with Crippen LogP contribution in [0.1, 0.15) is 41.3 Å². The highest BCUT2D eigenvalue weighted by molar-refractivity contribution is 7.89. The molecule has 30 heavy (non-hydrogen) atoms. The third-order valence-corrected chi connectivity index (χ3v) is 6.37. The second-order valence-corrected chi connectivity index (χ2v) is 9.16. The molecule has 1 aliphatic rings. The van der Waals surface area contributed by atoms with E-state index >= 15 is 0 Å². The lowest BCUT2D eigenvalue weighted by molar-refractivity contribution is -0.129. The van der Waals surface area contributed by atoms with Gasteiger partial charge in [-0.05, 0) is 56.4 Å². The molecule has 0 spiro atoms. The summed E-state index contributed by atoms with van der Waals surface area (Å²) >= 11 is 0. The Morgan fingerprint density at radius 2 is 1.83 bits per heavy atom. The first-order valence-corrected chi connectivity index (χ1v) is 11.4. The van der Waals surface area contributed by atoms with Gasteiger partial charge >= 0.3 is 5.97 Å². The van der Waals surface area contributed by atoms with E-state index in [0.717, 1.165) is 18.4 Å². The summed E-state index contributed by atoms with van der Waals surface area (Å²) in [6.45, 7) is 3.59. The van der Waals surface area contributed by atoms with E-state index in [1.165, 1.54) is 19.1 Å². The maximum absolute atomic E-state index is 12.6. The molecule has 0 radical (unpaired) electrons. The molecule has 1 aliphatic carbocycles. The Morgan fingerprint density at radius 3 is 2.50 bits per heavy atom. The Hall–Kier alpha value is -2.71. The molecular formula is C22H26N2O5S. The lowest BCUT2D eigenvalue weighted by Gasteiger charge is -2.15. The molecule has 2 aromatic carbocycles. The van der Waals surface area contributed by atoms with Gasteiger partial charge < -0.3 is 10.1 Å². The van der Waals surface area contributed by atoms with Crippen molar-refractivity contribution in [3.63, 3.8) is 0 Å². The number of sulfonamides is 1. The second-order valence-electron chi connectivity index (χ2n) is 7.45. The number of esters is 1. The van der Waals surface area contributed by atoms with Gasteiger partial charge in [0.05, 0.1) is 10.5 Å². The number of hydrogen-bond donors (Lipinski definition) is 2. The van der Waals surface area contributed by atoms with Crippen LogP contribution >= 0.6 is 0 Å². The normalized spacial score (nSPS) is 14.7. The van der Waals surface area contributed by atoms with Crippen LogP contribution in [0, 0.1) is 6.92 Å². The van der Waals surface area contributed by atoms with Crippen LogP contribution < -0.4 is 10.0 Å². The molecule has 7 nitrogen and oxygen atoms in total. The maximum atomic E-state index is 12.6. The SMILES string of the molecule is Cc1ccc(S(=O)(=O)NC2CC2)cc1C(=O)OC(C)C(=O)NCCc1ccccc1. The topological polar surface area (TPSA) is 102 Å². The molecule has 160 valence electrons. The fourth-order valence-electron chi connectivity index (χ4n) is 2.87. The zero-order valence-corrected chi connectivity index (χ0v) is 17.9. The van der Waals surface area contributed by atoms with Crippen LogP contribution in [0.5, 0.6) is 0 Å². The Kier molecular flexibility index (Phi) is 6.89. The van der Waals surface area contributed by atoms with Gasteiger partial charge in [-0.1, -0.05) is 36.4 Å². The van der Waals surface area contributed by atoms with E-state index in [9.17, 15) is 18.0 Å². The number of carbonyl (C=O) groups excluding carboxylic acids is 2. The first-order chi connectivity index (χ1) is 14.3. The Bertz CT molecular complexity index is 1020. The number of hydrogen-bond acceptors (Lipinski definition) is 5. The standard InChI is InChI=1S/C22H26N2O5S/c1-15-8-11-19(30(27,28)24-18-9-10-18)14-20(15)22(26)29-16(2)21(25)23-13-12-17-6-4-3-5-7-17/h3-8,11,14,16,18,24H,9-10,12-13H2,1-2H3,(H,23,25). The van der Waals surface area contributed by atoms with E-state index in [2.05, 4.69) is 10.0 Å². The van der Waals surface area contributed by atoms with Gasteiger partial charge in [0.2, 0.25) is 10.0 Å². The lowest BCUT2D eigenvalue weighted by Crippen LogP contribution is -2.37. The van der Waals surface area contributed by atoms with Crippen molar-refractivity contribution in [1.29, 1.82) is 0 Å². The maximum Gasteiger partial charge on any atom is 0.339 e. The molecule has 2 aromatic rings. The lowest BCUT2D eigenvalue weighted by atomic mass is 10.1. The summed E-state index contributed by atoms with van der Waals surface area (Å²) in [5, 5.41) is 2.74. The van der Waals surface area contributed by atoms with E-state index in [0.29, 0.717) is 18.5 Å². The summed E-state index contributed by atoms with van der Waals surface area (Å²) < 4.78 is 32.7. The molecule has 0 aliphatic heterocycles. The van der Waals surface area contributed by atoms with Crippen LogP contribution in [0.15, 0.2) is 53.4 Å². The fourth-order valence-corrected chi connectivity index (χ4v) is 4.20. The molecule has 0 heterocycles. The van der Waals surface area contributed by atoms with Crippen LogP contribution in [-0.4, -0.2) is 39.0 Å². The summed E-state index contributed by atoms with van der Waals surface area (Å²) in [5.41, 5.74) is 1.79. The average Bonchev–Trinajstić information content (AvgIpc) is 3.52. The molecule has 1 amide bonds. The molecule has 1 atom stereocenters. The minimum Gasteiger partial charge on any atom is -0.449 e. The quantitative estimate of drug-likeness (QED) is 0.595. The van der Waals surface area contributed by atoms with Gasteiger partial charge in [0.1, 0.15) is 0 Å². The summed E-state index contributed by atoms with van der Waals surface area (Å²) in [6.07, 6.45) is 1.30. The molecule has 2 N–H and O–H groups in total. The van der Waals surface area contributed by atoms with Gasteiger partial charge in [0, 0.05) is 12.6 Å². The van der Waals surface area contributed by atoms with E-state index in [-0.39, 0.29) is 16.5 Å². The minimum atomic E-state index is -3.69. The number of rotatable bonds is 9. The van der Waals surface area contributed by atoms with Crippen molar-refractivity contribution in [2.45, 2.75) is 50.2 Å². The molecule has 1 fully saturated rings. The summed E-state index contributed by atoms with van der Waals surface area (Å²) in [5.74, 6) is -1.14. The molecule has 1 unspecified atom stereocenters. The van der Waals surface area contributed by atoms with Crippen molar-refractivity contribution >= 4 is 21.9 Å². The molecule has 8 heteroatoms. The van der Waals surface area contributed by atoms with Crippen molar-refractivity contribution in [1.82, 2.24) is 10.0 Å². The van der Waals surface area contributed by atoms with Crippen molar-refractivity contribution in [2.75, 3.05) is 6.54 Å². The summed E-state index contributed by atoms with van der Waals surface area (Å²) in [6, 6.07) is 14.0. The largest absolute Gasteiger partial charge is 0.449 e. The predicted molar refractivity (Wildman–Crippen MR) is 113 cm³/mol. The minimum absolute atomic E-state index is 0.00640. The molecule has 0 bridgehead atoms. The third kappa shape index (κ3) is 5.90. The summed E-state index contributed by atoms with van der Waals surface area (Å²) in [7, 11) is -3.69. The van der Waals surface area contributed by atoms with Crippen LogP contribution in [0.3, 0.4) is 0 Å². The van der Waals surface area contributed by atoms with Gasteiger partial charge in [-0.15, -0.1) is 0 Å². The highest BCUT2D eigenvalue weighted by Gasteiger charge is 2.29. The predicted octanol–water partition coefficient (Wildman–Crippen LogP) is 2.34. The zero-order chi connectivity index (χ0) is 21.7. The Balaban J connectivity index is 1.58. The first-order valence-electron chi connectivity index (χ1n) is 9.92. The highest BCUT2D eigenvalue weighted by Crippen LogP contribution is 2.23. The smallest absolute Gasteiger partial charge is 0.339 e. The van der Waals surface area contributed by atoms with Crippen molar-refractivity contribution < 1.29 is 22.7 Å². The fraction of sp³-hybridized carbons (Fsp3) is 0.364. The van der Waals surface area contributed by atoms with E-state index in [1.807, 2.05) is 30.3 Å². The third-order valence-electron chi connectivity index (χ3n) is 4.85. The van der Waals surface area contributed by atoms with Crippen LogP contribution in [-0.2, 0) is 26.0 Å². The van der Waals surface area contributed by atoms with Gasteiger partial charge in [0.15, 0.2) is 6.10 Å². The molecule has 1 saturated carbocycles. The van der Waals surface area contributed by atoms with Gasteiger partial charge in [-0.25, -0.2) is 17.9 Å². The highest BCUT2D eigenvalue weighted by atomic mass is 32.2. The summed E-state index contributed by atoms with van der Waals surface area (Å²) in [4.78, 5) is 24.8. The van der Waals surface area contributed by atoms with Crippen molar-refractivity contribution in [2.24, 2.45) is 0 Å². The molecule has 3 rings (SSSR count). The monoisotopic (exact) mass is 430 g/mol. The van der Waals surface area contributed by atoms with E-state index in [1.54, 1.807) is 13.0 Å². The van der Waals surface area contributed by atoms with Crippen molar-refractivity contribution in [3.05, 3.63) is 65.2 Å². The van der Waals surface area contributed by atoms with Crippen LogP contribution in [0.25, 0.3) is 0 Å². The number of carbonyl (C=O) groups is 2. The number of amides is 1. The molecular weight excluding hydrogens is 404 g/mol. The van der Waals surface area contributed by atoms with E-state index < -0.39 is 28.0 Å². The second kappa shape index (κ2) is 9.40. The molecule has 0 aromatic heterocycles. The number of benzene rings is 2. The van der Waals surface area contributed by atoms with Gasteiger partial charge in [-0.3, -0.25) is 4.79 Å². The number of aryl methyl sites for hydroxylation is 1. The first kappa shape index (κ1) is 22.0. The number of nitrogens with one attached hydrogen (secondary N) is 2. The van der Waals surface area contributed by atoms with E-state index in [4.69, 9.17) is 4.74 Å².